The van der Waals surface area contributed by atoms with Crippen LogP contribution in [0.4, 0.5) is 22.0 Å². The molecular weight excluding hydrogens is 876 g/mol. The number of aromatic carboxylic acids is 1. The second-order valence-electron chi connectivity index (χ2n) is 17.4. The van der Waals surface area contributed by atoms with E-state index in [9.17, 15) is 23.1 Å². The molecule has 4 aromatic carbocycles. The summed E-state index contributed by atoms with van der Waals surface area (Å²) >= 11 is 0. The Kier molecular flexibility index (Phi) is 17.4. The molecule has 0 aliphatic heterocycles. The number of nitrogens with one attached hydrogen (secondary N) is 1. The average Bonchev–Trinajstić information content (AvgIpc) is 3.93. The lowest BCUT2D eigenvalue weighted by Crippen LogP contribution is -2.09. The number of halogens is 5. The van der Waals surface area contributed by atoms with Crippen LogP contribution in [0.25, 0.3) is 50.2 Å². The van der Waals surface area contributed by atoms with E-state index in [1.807, 2.05) is 72.8 Å². The number of alkyl halides is 3. The number of unbranched alkanes of at least 4 members (excludes halogenated alkanes) is 13. The number of ether oxygens (including phenoxy) is 2. The number of nitrogens with zero attached hydrogens (tertiary/aromatic N) is 3. The van der Waals surface area contributed by atoms with Crippen LogP contribution in [-0.2, 0) is 6.42 Å². The molecule has 0 radical (unpaired) electrons. The second-order valence-corrected chi connectivity index (χ2v) is 17.4. The summed E-state index contributed by atoms with van der Waals surface area (Å²) in [5.41, 5.74) is 4.83. The van der Waals surface area contributed by atoms with Crippen molar-refractivity contribution >= 4 is 16.9 Å². The predicted octanol–water partition coefficient (Wildman–Crippen LogP) is 16.3. The summed E-state index contributed by atoms with van der Waals surface area (Å²) in [5, 5.41) is 15.2. The Labute approximate surface area is 394 Å². The van der Waals surface area contributed by atoms with Gasteiger partial charge in [-0.25, -0.2) is 23.2 Å². The molecule has 358 valence electrons. The summed E-state index contributed by atoms with van der Waals surface area (Å²) in [4.78, 5) is 20.3. The van der Waals surface area contributed by atoms with Gasteiger partial charge in [-0.2, -0.15) is 18.3 Å². The highest BCUT2D eigenvalue weighted by Gasteiger charge is 2.26. The quantitative estimate of drug-likeness (QED) is 0.0414. The molecule has 3 aromatic heterocycles. The second kappa shape index (κ2) is 24.0. The largest absolute Gasteiger partial charge is 0.494 e. The lowest BCUT2D eigenvalue weighted by atomic mass is 9.99. The van der Waals surface area contributed by atoms with Crippen LogP contribution < -0.4 is 9.47 Å². The first-order valence-corrected chi connectivity index (χ1v) is 23.9. The minimum absolute atomic E-state index is 0.00311. The van der Waals surface area contributed by atoms with E-state index >= 15 is 8.78 Å². The molecule has 0 aliphatic rings. The summed E-state index contributed by atoms with van der Waals surface area (Å²) in [6, 6.07) is 30.4. The highest BCUT2D eigenvalue weighted by atomic mass is 19.4. The molecule has 0 saturated carbocycles. The molecule has 8 nitrogen and oxygen atoms in total. The van der Waals surface area contributed by atoms with Crippen molar-refractivity contribution in [2.24, 2.45) is 0 Å². The summed E-state index contributed by atoms with van der Waals surface area (Å²) in [7, 11) is 0. The number of benzene rings is 4. The molecule has 0 fully saturated rings. The van der Waals surface area contributed by atoms with E-state index in [0.717, 1.165) is 71.2 Å². The molecule has 0 spiro atoms. The van der Waals surface area contributed by atoms with Gasteiger partial charge in [-0.3, -0.25) is 0 Å². The molecule has 0 unspecified atom stereocenters. The number of H-pyrrole nitrogens is 1. The normalized spacial score (nSPS) is 11.7. The standard InChI is InChI=1S/C55H59F5N4O4/c1-2-3-4-5-6-10-13-18-34-67-42-31-29-39(30-32-42)38-25-27-40(28-26-38)51-43-20-15-16-21-47(43)63-53(51)68-52-44(35-41(56)36-46(52)57)48-22-19-24-50(62-48)64-49(45(37-61-64)54(65)66)23-14-11-8-7-9-12-17-33-55(58,59)60/h15-16,19-22,24-32,35-37,63H,2-14,17-18,23,33-34H2,1H3,(H,65,66). The van der Waals surface area contributed by atoms with Gasteiger partial charge in [-0.1, -0.05) is 145 Å². The monoisotopic (exact) mass is 934 g/mol. The van der Waals surface area contributed by atoms with Crippen LogP contribution in [0.3, 0.4) is 0 Å². The Morgan fingerprint density at radius 2 is 1.35 bits per heavy atom. The molecule has 2 N–H and O–H groups in total. The van der Waals surface area contributed by atoms with Gasteiger partial charge in [0.05, 0.1) is 29.8 Å². The number of aromatic nitrogens is 4. The zero-order valence-electron chi connectivity index (χ0n) is 38.5. The zero-order chi connectivity index (χ0) is 47.9. The summed E-state index contributed by atoms with van der Waals surface area (Å²) in [6.07, 6.45) is 10.9. The van der Waals surface area contributed by atoms with Gasteiger partial charge in [-0.15, -0.1) is 0 Å². The number of aromatic amines is 1. The summed E-state index contributed by atoms with van der Waals surface area (Å²) in [5.74, 6) is -1.92. The van der Waals surface area contributed by atoms with Crippen molar-refractivity contribution in [2.75, 3.05) is 6.61 Å². The van der Waals surface area contributed by atoms with Crippen molar-refractivity contribution in [1.29, 1.82) is 0 Å². The Balaban J connectivity index is 1.07. The van der Waals surface area contributed by atoms with Crippen molar-refractivity contribution in [1.82, 2.24) is 19.7 Å². The minimum atomic E-state index is -4.14. The van der Waals surface area contributed by atoms with Crippen molar-refractivity contribution in [2.45, 2.75) is 122 Å². The Hall–Kier alpha value is -6.50. The number of rotatable bonds is 26. The van der Waals surface area contributed by atoms with E-state index in [1.54, 1.807) is 18.2 Å². The third kappa shape index (κ3) is 13.4. The predicted molar refractivity (Wildman–Crippen MR) is 258 cm³/mol. The third-order valence-corrected chi connectivity index (χ3v) is 12.2. The maximum atomic E-state index is 16.1. The highest BCUT2D eigenvalue weighted by Crippen LogP contribution is 2.43. The number of pyridine rings is 1. The molecule has 7 rings (SSSR count). The lowest BCUT2D eigenvalue weighted by Gasteiger charge is -2.14. The number of carboxylic acids is 1. The van der Waals surface area contributed by atoms with Gasteiger partial charge in [0.15, 0.2) is 17.4 Å². The van der Waals surface area contributed by atoms with E-state index in [2.05, 4.69) is 17.0 Å². The molecule has 7 aromatic rings. The number of carboxylic acid groups (broad SMARTS) is 1. The Morgan fingerprint density at radius 3 is 2.04 bits per heavy atom. The minimum Gasteiger partial charge on any atom is -0.494 e. The van der Waals surface area contributed by atoms with Crippen molar-refractivity contribution in [3.63, 3.8) is 0 Å². The Bertz CT molecular complexity index is 2710. The SMILES string of the molecule is CCCCCCCCCCOc1ccc(-c2ccc(-c3c(Oc4c(F)cc(F)cc4-c4cccc(-n5ncc(C(=O)O)c5CCCCCCCCCC(F)(F)F)n4)[nH]c4ccccc34)cc2)cc1. The van der Waals surface area contributed by atoms with Crippen molar-refractivity contribution in [3.8, 4) is 56.7 Å². The average molecular weight is 935 g/mol. The van der Waals surface area contributed by atoms with Gasteiger partial charge in [-0.05, 0) is 78.8 Å². The summed E-state index contributed by atoms with van der Waals surface area (Å²) < 4.78 is 82.5. The summed E-state index contributed by atoms with van der Waals surface area (Å²) in [6.45, 7) is 2.93. The van der Waals surface area contributed by atoms with Crippen LogP contribution in [0.2, 0.25) is 0 Å². The fourth-order valence-electron chi connectivity index (χ4n) is 8.62. The molecule has 13 heteroatoms. The van der Waals surface area contributed by atoms with Crippen LogP contribution in [0.15, 0.2) is 109 Å². The van der Waals surface area contributed by atoms with E-state index in [0.29, 0.717) is 43.5 Å². The number of fused-ring (bicyclic) bond motifs is 1. The van der Waals surface area contributed by atoms with Crippen LogP contribution in [0.5, 0.6) is 17.4 Å². The molecule has 0 saturated heterocycles. The van der Waals surface area contributed by atoms with E-state index in [-0.39, 0.29) is 40.7 Å². The number of hydrogen-bond donors (Lipinski definition) is 2. The molecule has 0 amide bonds. The first kappa shape index (κ1) is 49.4. The van der Waals surface area contributed by atoms with Crippen LogP contribution in [-0.4, -0.2) is 43.6 Å². The van der Waals surface area contributed by atoms with Crippen molar-refractivity contribution < 1.29 is 41.3 Å². The van der Waals surface area contributed by atoms with Crippen LogP contribution in [0.1, 0.15) is 126 Å². The van der Waals surface area contributed by atoms with Gasteiger partial charge in [0.25, 0.3) is 0 Å². The number of hydrogen-bond acceptors (Lipinski definition) is 5. The van der Waals surface area contributed by atoms with Crippen LogP contribution >= 0.6 is 0 Å². The molecular formula is C55H59F5N4O4. The maximum Gasteiger partial charge on any atom is 0.389 e. The number of para-hydroxylation sites is 1. The number of carbonyl (C=O) groups is 1. The third-order valence-electron chi connectivity index (χ3n) is 12.2. The first-order chi connectivity index (χ1) is 33.0. The lowest BCUT2D eigenvalue weighted by molar-refractivity contribution is -0.135. The molecule has 0 atom stereocenters. The molecule has 0 aliphatic carbocycles. The van der Waals surface area contributed by atoms with Crippen molar-refractivity contribution in [3.05, 3.63) is 132 Å². The fourth-order valence-corrected chi connectivity index (χ4v) is 8.62. The van der Waals surface area contributed by atoms with E-state index in [1.165, 1.54) is 55.8 Å². The maximum absolute atomic E-state index is 16.1. The van der Waals surface area contributed by atoms with Gasteiger partial charge < -0.3 is 19.6 Å². The van der Waals surface area contributed by atoms with Gasteiger partial charge in [0.1, 0.15) is 17.1 Å². The van der Waals surface area contributed by atoms with Crippen LogP contribution in [0, 0.1) is 11.6 Å². The molecule has 68 heavy (non-hydrogen) atoms. The fraction of sp³-hybridized carbons (Fsp3) is 0.364. The molecule has 0 bridgehead atoms. The Morgan fingerprint density at radius 1 is 0.721 bits per heavy atom. The zero-order valence-corrected chi connectivity index (χ0v) is 38.5. The first-order valence-electron chi connectivity index (χ1n) is 23.9. The molecule has 3 heterocycles. The van der Waals surface area contributed by atoms with Gasteiger partial charge in [0, 0.05) is 29.0 Å². The highest BCUT2D eigenvalue weighted by molar-refractivity contribution is 5.99. The topological polar surface area (TPSA) is 102 Å². The van der Waals surface area contributed by atoms with E-state index < -0.39 is 30.2 Å². The van der Waals surface area contributed by atoms with Gasteiger partial charge in [0.2, 0.25) is 5.88 Å². The van der Waals surface area contributed by atoms with Gasteiger partial charge >= 0.3 is 12.1 Å². The van der Waals surface area contributed by atoms with E-state index in [4.69, 9.17) is 14.5 Å². The smallest absolute Gasteiger partial charge is 0.389 e.